The zero-order valence-corrected chi connectivity index (χ0v) is 7.67. The van der Waals surface area contributed by atoms with Gasteiger partial charge in [0.15, 0.2) is 0 Å². The van der Waals surface area contributed by atoms with E-state index in [1.54, 1.807) is 0 Å². The Morgan fingerprint density at radius 1 is 0.917 bits per heavy atom. The normalized spacial score (nSPS) is 41.8. The minimum atomic E-state index is 0.401. The summed E-state index contributed by atoms with van der Waals surface area (Å²) >= 11 is 0. The number of fused-ring (bicyclic) bond motifs is 1. The molecular formula is C11H18O. The van der Waals surface area contributed by atoms with E-state index in [1.165, 1.54) is 44.8 Å². The summed E-state index contributed by atoms with van der Waals surface area (Å²) in [5.41, 5.74) is 0. The van der Waals surface area contributed by atoms with Crippen molar-refractivity contribution in [3.05, 3.63) is 0 Å². The largest absolute Gasteiger partial charge is 0.303 e. The average Bonchev–Trinajstić information content (AvgIpc) is 2.43. The molecule has 1 nitrogen and oxygen atoms in total. The summed E-state index contributed by atoms with van der Waals surface area (Å²) < 4.78 is 0. The van der Waals surface area contributed by atoms with E-state index in [4.69, 9.17) is 0 Å². The Balaban J connectivity index is 1.99. The van der Waals surface area contributed by atoms with Gasteiger partial charge < -0.3 is 4.79 Å². The van der Waals surface area contributed by atoms with Gasteiger partial charge in [0.05, 0.1) is 0 Å². The fourth-order valence-corrected chi connectivity index (χ4v) is 3.08. The van der Waals surface area contributed by atoms with Crippen LogP contribution in [0.4, 0.5) is 0 Å². The molecule has 2 unspecified atom stereocenters. The van der Waals surface area contributed by atoms with Crippen LogP contribution in [-0.4, -0.2) is 6.29 Å². The number of carbonyl (C=O) groups excluding carboxylic acids is 1. The molecule has 3 atom stereocenters. The predicted molar refractivity (Wildman–Crippen MR) is 48.9 cm³/mol. The van der Waals surface area contributed by atoms with Crippen LogP contribution in [0.3, 0.4) is 0 Å². The maximum Gasteiger partial charge on any atom is 0.123 e. The number of aldehydes is 1. The van der Waals surface area contributed by atoms with E-state index in [-0.39, 0.29) is 0 Å². The van der Waals surface area contributed by atoms with E-state index in [0.29, 0.717) is 5.92 Å². The van der Waals surface area contributed by atoms with Gasteiger partial charge >= 0.3 is 0 Å². The predicted octanol–water partition coefficient (Wildman–Crippen LogP) is 2.79. The first-order chi connectivity index (χ1) is 5.90. The van der Waals surface area contributed by atoms with Crippen molar-refractivity contribution in [3.63, 3.8) is 0 Å². The molecule has 0 heterocycles. The van der Waals surface area contributed by atoms with Crippen LogP contribution in [-0.2, 0) is 4.79 Å². The van der Waals surface area contributed by atoms with E-state index < -0.39 is 0 Å². The highest BCUT2D eigenvalue weighted by molar-refractivity contribution is 5.53. The molecule has 2 aliphatic carbocycles. The summed E-state index contributed by atoms with van der Waals surface area (Å²) in [7, 11) is 0. The van der Waals surface area contributed by atoms with Crippen LogP contribution >= 0.6 is 0 Å². The lowest BCUT2D eigenvalue weighted by Crippen LogP contribution is -2.09. The maximum absolute atomic E-state index is 10.7. The van der Waals surface area contributed by atoms with Gasteiger partial charge in [-0.3, -0.25) is 0 Å². The van der Waals surface area contributed by atoms with Gasteiger partial charge in [0.25, 0.3) is 0 Å². The van der Waals surface area contributed by atoms with E-state index >= 15 is 0 Å². The highest BCUT2D eigenvalue weighted by atomic mass is 16.1. The van der Waals surface area contributed by atoms with Crippen LogP contribution in [0.1, 0.15) is 44.9 Å². The Hall–Kier alpha value is -0.330. The van der Waals surface area contributed by atoms with Gasteiger partial charge in [-0.2, -0.15) is 0 Å². The van der Waals surface area contributed by atoms with E-state index in [9.17, 15) is 4.79 Å². The van der Waals surface area contributed by atoms with E-state index in [0.717, 1.165) is 18.3 Å². The number of hydrogen-bond donors (Lipinski definition) is 0. The van der Waals surface area contributed by atoms with Gasteiger partial charge in [-0.25, -0.2) is 0 Å². The minimum Gasteiger partial charge on any atom is -0.303 e. The van der Waals surface area contributed by atoms with Crippen LogP contribution in [0.25, 0.3) is 0 Å². The third-order valence-corrected chi connectivity index (χ3v) is 3.76. The molecule has 2 saturated carbocycles. The second-order valence-corrected chi connectivity index (χ2v) is 4.51. The first-order valence-corrected chi connectivity index (χ1v) is 5.35. The summed E-state index contributed by atoms with van der Waals surface area (Å²) in [5, 5.41) is 0. The Morgan fingerprint density at radius 3 is 2.33 bits per heavy atom. The van der Waals surface area contributed by atoms with Gasteiger partial charge in [0, 0.05) is 5.92 Å². The van der Waals surface area contributed by atoms with Gasteiger partial charge in [-0.05, 0) is 24.7 Å². The lowest BCUT2D eigenvalue weighted by atomic mass is 9.89. The van der Waals surface area contributed by atoms with Crippen molar-refractivity contribution in [1.82, 2.24) is 0 Å². The Kier molecular flexibility index (Phi) is 2.48. The number of carbonyl (C=O) groups is 1. The van der Waals surface area contributed by atoms with Crippen LogP contribution in [0.15, 0.2) is 0 Å². The quantitative estimate of drug-likeness (QED) is 0.547. The lowest BCUT2D eigenvalue weighted by Gasteiger charge is -2.16. The SMILES string of the molecule is O=C[C@H]1CCCC2CCCC2C1. The Morgan fingerprint density at radius 2 is 1.58 bits per heavy atom. The molecule has 1 heteroatoms. The second-order valence-electron chi connectivity index (χ2n) is 4.51. The summed E-state index contributed by atoms with van der Waals surface area (Å²) in [6.45, 7) is 0. The Labute approximate surface area is 74.5 Å². The molecule has 0 N–H and O–H groups in total. The minimum absolute atomic E-state index is 0.401. The molecule has 12 heavy (non-hydrogen) atoms. The molecule has 0 spiro atoms. The van der Waals surface area contributed by atoms with Crippen LogP contribution < -0.4 is 0 Å². The van der Waals surface area contributed by atoms with Gasteiger partial charge in [0.2, 0.25) is 0 Å². The number of hydrogen-bond acceptors (Lipinski definition) is 1. The van der Waals surface area contributed by atoms with Crippen molar-refractivity contribution in [2.75, 3.05) is 0 Å². The molecule has 2 aliphatic rings. The third kappa shape index (κ3) is 1.55. The summed E-state index contributed by atoms with van der Waals surface area (Å²) in [6, 6.07) is 0. The molecule has 0 aromatic carbocycles. The number of rotatable bonds is 1. The van der Waals surface area contributed by atoms with Crippen LogP contribution in [0.5, 0.6) is 0 Å². The van der Waals surface area contributed by atoms with Gasteiger partial charge in [0.1, 0.15) is 6.29 Å². The maximum atomic E-state index is 10.7. The zero-order chi connectivity index (χ0) is 8.39. The fourth-order valence-electron chi connectivity index (χ4n) is 3.08. The third-order valence-electron chi connectivity index (χ3n) is 3.76. The highest BCUT2D eigenvalue weighted by Gasteiger charge is 2.31. The molecule has 0 aliphatic heterocycles. The highest BCUT2D eigenvalue weighted by Crippen LogP contribution is 2.42. The molecule has 2 rings (SSSR count). The lowest BCUT2D eigenvalue weighted by molar-refractivity contribution is -0.111. The van der Waals surface area contributed by atoms with Crippen molar-refractivity contribution in [1.29, 1.82) is 0 Å². The van der Waals surface area contributed by atoms with E-state index in [1.807, 2.05) is 0 Å². The molecule has 0 radical (unpaired) electrons. The van der Waals surface area contributed by atoms with Crippen molar-refractivity contribution in [2.24, 2.45) is 17.8 Å². The molecule has 0 saturated heterocycles. The summed E-state index contributed by atoms with van der Waals surface area (Å²) in [5.74, 6) is 2.29. The average molecular weight is 166 g/mol. The van der Waals surface area contributed by atoms with Gasteiger partial charge in [-0.1, -0.05) is 32.1 Å². The molecule has 0 aromatic heterocycles. The monoisotopic (exact) mass is 166 g/mol. The van der Waals surface area contributed by atoms with Crippen LogP contribution in [0.2, 0.25) is 0 Å². The van der Waals surface area contributed by atoms with Crippen molar-refractivity contribution < 1.29 is 4.79 Å². The molecule has 0 amide bonds. The first kappa shape index (κ1) is 8.28. The molecular weight excluding hydrogens is 148 g/mol. The molecule has 0 bridgehead atoms. The smallest absolute Gasteiger partial charge is 0.123 e. The summed E-state index contributed by atoms with van der Waals surface area (Å²) in [4.78, 5) is 10.7. The van der Waals surface area contributed by atoms with E-state index in [2.05, 4.69) is 0 Å². The standard InChI is InChI=1S/C11H18O/c12-8-9-3-1-4-10-5-2-6-11(10)7-9/h8-11H,1-7H2/t9-,10?,11?/m0/s1. The van der Waals surface area contributed by atoms with Gasteiger partial charge in [-0.15, -0.1) is 0 Å². The molecule has 2 fully saturated rings. The molecule has 68 valence electrons. The fraction of sp³-hybridized carbons (Fsp3) is 0.909. The van der Waals surface area contributed by atoms with Crippen molar-refractivity contribution in [3.8, 4) is 0 Å². The first-order valence-electron chi connectivity index (χ1n) is 5.35. The molecule has 0 aromatic rings. The second kappa shape index (κ2) is 3.59. The zero-order valence-electron chi connectivity index (χ0n) is 7.67. The van der Waals surface area contributed by atoms with Crippen molar-refractivity contribution in [2.45, 2.75) is 44.9 Å². The van der Waals surface area contributed by atoms with Crippen molar-refractivity contribution >= 4 is 6.29 Å². The van der Waals surface area contributed by atoms with Crippen LogP contribution in [0, 0.1) is 17.8 Å². The topological polar surface area (TPSA) is 17.1 Å². The Bertz CT molecular complexity index is 164. The summed E-state index contributed by atoms with van der Waals surface area (Å²) in [6.07, 6.45) is 10.5.